The largest absolute Gasteiger partial charge is 0.464 e. The Kier molecular flexibility index (Phi) is 7.18. The van der Waals surface area contributed by atoms with Crippen molar-refractivity contribution in [1.29, 1.82) is 0 Å². The summed E-state index contributed by atoms with van der Waals surface area (Å²) in [7, 11) is 1.30. The first-order chi connectivity index (χ1) is 13.2. The topological polar surface area (TPSA) is 79.5 Å². The monoisotopic (exact) mass is 404 g/mol. The molecule has 6 nitrogen and oxygen atoms in total. The molecule has 1 amide bonds. The third-order valence-corrected chi connectivity index (χ3v) is 5.72. The smallest absolute Gasteiger partial charge is 0.354 e. The lowest BCUT2D eigenvalue weighted by Gasteiger charge is -2.29. The van der Waals surface area contributed by atoms with Gasteiger partial charge in [0.2, 0.25) is 0 Å². The molecule has 0 spiro atoms. The van der Waals surface area contributed by atoms with E-state index < -0.39 is 12.0 Å². The first kappa shape index (κ1) is 21.9. The molecular weight excluding hydrogens is 376 g/mol. The molecule has 0 bridgehead atoms. The van der Waals surface area contributed by atoms with E-state index in [0.29, 0.717) is 34.2 Å². The van der Waals surface area contributed by atoms with E-state index in [0.717, 1.165) is 6.42 Å². The number of carbonyl (C=O) groups is 3. The number of ketones is 1. The molecule has 28 heavy (non-hydrogen) atoms. The minimum atomic E-state index is -0.646. The fraction of sp³-hybridized carbons (Fsp3) is 0.476. The van der Waals surface area contributed by atoms with Gasteiger partial charge in [0.25, 0.3) is 5.91 Å². The Balaban J connectivity index is 2.37. The summed E-state index contributed by atoms with van der Waals surface area (Å²) in [4.78, 5) is 43.5. The van der Waals surface area contributed by atoms with E-state index in [-0.39, 0.29) is 17.4 Å². The summed E-state index contributed by atoms with van der Waals surface area (Å²) >= 11 is 1.37. The fourth-order valence-corrected chi connectivity index (χ4v) is 3.87. The van der Waals surface area contributed by atoms with E-state index in [1.54, 1.807) is 31.7 Å². The van der Waals surface area contributed by atoms with Crippen LogP contribution in [0.2, 0.25) is 0 Å². The minimum absolute atomic E-state index is 0.143. The van der Waals surface area contributed by atoms with Gasteiger partial charge in [0, 0.05) is 17.8 Å². The molecule has 1 atom stereocenters. The number of nitrogens with zero attached hydrogens (tertiary/aromatic N) is 1. The number of hydrogen-bond acceptors (Lipinski definition) is 5. The van der Waals surface area contributed by atoms with Crippen molar-refractivity contribution in [2.75, 3.05) is 13.7 Å². The van der Waals surface area contributed by atoms with Gasteiger partial charge in [-0.3, -0.25) is 9.59 Å². The number of thiophene rings is 1. The average Bonchev–Trinajstić information content (AvgIpc) is 3.28. The van der Waals surface area contributed by atoms with E-state index in [9.17, 15) is 14.4 Å². The van der Waals surface area contributed by atoms with Crippen LogP contribution in [0.15, 0.2) is 17.5 Å². The number of methoxy groups -OCH3 is 1. The molecule has 2 heterocycles. The summed E-state index contributed by atoms with van der Waals surface area (Å²) in [6.45, 7) is 9.88. The van der Waals surface area contributed by atoms with Crippen LogP contribution in [0.5, 0.6) is 0 Å². The van der Waals surface area contributed by atoms with Gasteiger partial charge in [0.15, 0.2) is 5.78 Å². The minimum Gasteiger partial charge on any atom is -0.464 e. The molecule has 0 saturated carbocycles. The Morgan fingerprint density at radius 2 is 1.89 bits per heavy atom. The number of Topliss-reactive ketones (excluding diaryl/α,β-unsaturated/α-hetero) is 1. The van der Waals surface area contributed by atoms with Crippen LogP contribution >= 0.6 is 11.3 Å². The predicted octanol–water partition coefficient (Wildman–Crippen LogP) is 4.24. The number of rotatable bonds is 8. The normalized spacial score (nSPS) is 12.1. The molecule has 2 aromatic heterocycles. The highest BCUT2D eigenvalue weighted by Crippen LogP contribution is 2.24. The second kappa shape index (κ2) is 9.19. The van der Waals surface area contributed by atoms with E-state index in [1.165, 1.54) is 18.4 Å². The zero-order valence-electron chi connectivity index (χ0n) is 17.3. The van der Waals surface area contributed by atoms with Crippen molar-refractivity contribution in [3.63, 3.8) is 0 Å². The summed E-state index contributed by atoms with van der Waals surface area (Å²) in [5, 5.41) is 1.85. The summed E-state index contributed by atoms with van der Waals surface area (Å²) in [6, 6.07) is 2.95. The molecule has 0 aliphatic rings. The van der Waals surface area contributed by atoms with Gasteiger partial charge in [-0.15, -0.1) is 11.3 Å². The zero-order chi connectivity index (χ0) is 21.0. The van der Waals surface area contributed by atoms with Crippen molar-refractivity contribution in [2.45, 2.75) is 47.1 Å². The standard InChI is InChI=1S/C21H28N2O4S/c1-12(2)9-10-23(20(25)16-8-7-11-28-16)15(5)19(24)17-13(3)18(21(26)27-6)22-14(17)4/h7-8,11-12,15,22H,9-10H2,1-6H3. The SMILES string of the molecule is COC(=O)c1[nH]c(C)c(C(=O)C(C)N(CCC(C)C)C(=O)c2cccs2)c1C. The summed E-state index contributed by atoms with van der Waals surface area (Å²) in [5.41, 5.74) is 1.87. The number of H-pyrrole nitrogens is 1. The van der Waals surface area contributed by atoms with Crippen LogP contribution in [0.3, 0.4) is 0 Å². The van der Waals surface area contributed by atoms with Crippen LogP contribution in [-0.4, -0.2) is 47.2 Å². The van der Waals surface area contributed by atoms with Crippen LogP contribution in [0.25, 0.3) is 0 Å². The fourth-order valence-electron chi connectivity index (χ4n) is 3.19. The summed E-state index contributed by atoms with van der Waals surface area (Å²) in [5.74, 6) is -0.438. The molecule has 1 unspecified atom stereocenters. The highest BCUT2D eigenvalue weighted by atomic mass is 32.1. The van der Waals surface area contributed by atoms with E-state index in [1.807, 2.05) is 11.4 Å². The Morgan fingerprint density at radius 3 is 2.43 bits per heavy atom. The number of hydrogen-bond donors (Lipinski definition) is 1. The number of nitrogens with one attached hydrogen (secondary N) is 1. The number of aryl methyl sites for hydroxylation is 1. The summed E-state index contributed by atoms with van der Waals surface area (Å²) in [6.07, 6.45) is 0.799. The van der Waals surface area contributed by atoms with Crippen molar-refractivity contribution in [3.8, 4) is 0 Å². The van der Waals surface area contributed by atoms with Crippen LogP contribution < -0.4 is 0 Å². The van der Waals surface area contributed by atoms with Gasteiger partial charge in [-0.1, -0.05) is 19.9 Å². The molecule has 2 rings (SSSR count). The van der Waals surface area contributed by atoms with E-state index in [4.69, 9.17) is 4.74 Å². The molecule has 1 N–H and O–H groups in total. The van der Waals surface area contributed by atoms with Gasteiger partial charge in [-0.2, -0.15) is 0 Å². The average molecular weight is 405 g/mol. The maximum atomic E-state index is 13.3. The van der Waals surface area contributed by atoms with Gasteiger partial charge in [0.05, 0.1) is 18.0 Å². The molecule has 0 radical (unpaired) electrons. The van der Waals surface area contributed by atoms with Crippen molar-refractivity contribution >= 4 is 29.0 Å². The molecule has 2 aromatic rings. The van der Waals surface area contributed by atoms with Crippen LogP contribution in [0.1, 0.15) is 69.0 Å². The highest BCUT2D eigenvalue weighted by molar-refractivity contribution is 7.12. The number of esters is 1. The number of ether oxygens (including phenoxy) is 1. The Labute approximate surface area is 169 Å². The van der Waals surface area contributed by atoms with E-state index in [2.05, 4.69) is 18.8 Å². The van der Waals surface area contributed by atoms with E-state index >= 15 is 0 Å². The van der Waals surface area contributed by atoms with Gasteiger partial charge in [0.1, 0.15) is 5.69 Å². The van der Waals surface area contributed by atoms with Gasteiger partial charge < -0.3 is 14.6 Å². The number of carbonyl (C=O) groups excluding carboxylic acids is 3. The quantitative estimate of drug-likeness (QED) is 0.527. The molecule has 0 aliphatic carbocycles. The molecule has 0 saturated heterocycles. The van der Waals surface area contributed by atoms with Crippen molar-refractivity contribution < 1.29 is 19.1 Å². The third kappa shape index (κ3) is 4.52. The maximum Gasteiger partial charge on any atom is 0.354 e. The predicted molar refractivity (Wildman–Crippen MR) is 110 cm³/mol. The van der Waals surface area contributed by atoms with Crippen LogP contribution in [0, 0.1) is 19.8 Å². The maximum absolute atomic E-state index is 13.3. The Bertz CT molecular complexity index is 852. The van der Waals surface area contributed by atoms with Gasteiger partial charge in [-0.05, 0) is 50.1 Å². The highest BCUT2D eigenvalue weighted by Gasteiger charge is 2.31. The van der Waals surface area contributed by atoms with Crippen molar-refractivity contribution in [3.05, 3.63) is 44.9 Å². The lowest BCUT2D eigenvalue weighted by atomic mass is 9.99. The second-order valence-electron chi connectivity index (χ2n) is 7.32. The van der Waals surface area contributed by atoms with Crippen molar-refractivity contribution in [2.24, 2.45) is 5.92 Å². The summed E-state index contributed by atoms with van der Waals surface area (Å²) < 4.78 is 4.78. The molecule has 0 fully saturated rings. The lowest BCUT2D eigenvalue weighted by Crippen LogP contribution is -2.44. The lowest BCUT2D eigenvalue weighted by molar-refractivity contribution is 0.0592. The molecule has 7 heteroatoms. The number of amides is 1. The zero-order valence-corrected chi connectivity index (χ0v) is 18.1. The van der Waals surface area contributed by atoms with Crippen molar-refractivity contribution in [1.82, 2.24) is 9.88 Å². The Hall–Kier alpha value is -2.41. The number of aromatic nitrogens is 1. The molecular formula is C21H28N2O4S. The first-order valence-electron chi connectivity index (χ1n) is 9.35. The van der Waals surface area contributed by atoms with Gasteiger partial charge in [-0.25, -0.2) is 4.79 Å². The molecule has 0 aliphatic heterocycles. The van der Waals surface area contributed by atoms with Crippen LogP contribution in [0.4, 0.5) is 0 Å². The Morgan fingerprint density at radius 1 is 1.21 bits per heavy atom. The van der Waals surface area contributed by atoms with Crippen LogP contribution in [-0.2, 0) is 4.74 Å². The second-order valence-corrected chi connectivity index (χ2v) is 8.26. The first-order valence-corrected chi connectivity index (χ1v) is 10.2. The third-order valence-electron chi connectivity index (χ3n) is 4.86. The van der Waals surface area contributed by atoms with Gasteiger partial charge >= 0.3 is 5.97 Å². The molecule has 0 aromatic carbocycles. The molecule has 152 valence electrons. The number of aromatic amines is 1.